The van der Waals surface area contributed by atoms with Gasteiger partial charge >= 0.3 is 5.97 Å². The minimum Gasteiger partial charge on any atom is -0.481 e. The number of carbonyl (C=O) groups is 1. The van der Waals surface area contributed by atoms with E-state index in [1.54, 1.807) is 0 Å². The molecule has 3 heteroatoms. The molecule has 0 amide bonds. The second-order valence-corrected chi connectivity index (χ2v) is 6.31. The van der Waals surface area contributed by atoms with Crippen LogP contribution >= 0.6 is 0 Å². The van der Waals surface area contributed by atoms with E-state index in [9.17, 15) is 9.90 Å². The Morgan fingerprint density at radius 2 is 1.58 bits per heavy atom. The quantitative estimate of drug-likeness (QED) is 0.202. The highest BCUT2D eigenvalue weighted by Crippen LogP contribution is 2.06. The number of aliphatic hydroxyl groups excluding tert-OH is 1. The molecule has 0 heterocycles. The predicted octanol–water partition coefficient (Wildman–Crippen LogP) is 5.99. The number of aliphatic hydroxyl groups is 1. The number of carboxylic acid groups (broad SMARTS) is 1. The predicted molar refractivity (Wildman–Crippen MR) is 111 cm³/mol. The van der Waals surface area contributed by atoms with Crippen molar-refractivity contribution >= 4 is 5.97 Å². The SMILES string of the molecule is CCCCC/C=C\C/C=C\C/C=C\C=C\C(CO)C/C=C\CCC(=O)O. The molecule has 0 spiro atoms. The van der Waals surface area contributed by atoms with Crippen LogP contribution in [0.1, 0.15) is 64.7 Å². The molecule has 0 aromatic carbocycles. The van der Waals surface area contributed by atoms with Crippen LogP contribution in [0.4, 0.5) is 0 Å². The van der Waals surface area contributed by atoms with E-state index >= 15 is 0 Å². The molecule has 0 radical (unpaired) electrons. The van der Waals surface area contributed by atoms with Gasteiger partial charge in [-0.25, -0.2) is 0 Å². The fraction of sp³-hybridized carbons (Fsp3) is 0.522. The summed E-state index contributed by atoms with van der Waals surface area (Å²) in [5.41, 5.74) is 0. The number of rotatable bonds is 16. The first-order valence-corrected chi connectivity index (χ1v) is 9.81. The Kier molecular flexibility index (Phi) is 18.1. The van der Waals surface area contributed by atoms with Crippen molar-refractivity contribution in [2.24, 2.45) is 5.92 Å². The standard InChI is InChI=1S/C23H36O3/c1-2-3-4-5-6-7-8-9-10-11-12-13-15-18-22(21-24)19-16-14-17-20-23(25)26/h6-7,9-10,12-16,18,22,24H,2-5,8,11,17,19-21H2,1H3,(H,25,26)/b7-6-,10-9-,13-12-,16-14-,18-15+. The van der Waals surface area contributed by atoms with E-state index in [-0.39, 0.29) is 18.9 Å². The normalized spacial score (nSPS) is 13.9. The van der Waals surface area contributed by atoms with E-state index in [0.717, 1.165) is 19.3 Å². The van der Waals surface area contributed by atoms with Gasteiger partial charge in [-0.2, -0.15) is 0 Å². The van der Waals surface area contributed by atoms with Gasteiger partial charge in [0, 0.05) is 18.9 Å². The van der Waals surface area contributed by atoms with Gasteiger partial charge in [-0.15, -0.1) is 0 Å². The molecule has 0 rings (SSSR count). The van der Waals surface area contributed by atoms with Gasteiger partial charge < -0.3 is 10.2 Å². The molecular formula is C23H36O3. The van der Waals surface area contributed by atoms with Crippen molar-refractivity contribution in [3.63, 3.8) is 0 Å². The van der Waals surface area contributed by atoms with Gasteiger partial charge in [0.15, 0.2) is 0 Å². The maximum Gasteiger partial charge on any atom is 0.303 e. The van der Waals surface area contributed by atoms with E-state index in [1.807, 2.05) is 30.4 Å². The first kappa shape index (κ1) is 24.1. The van der Waals surface area contributed by atoms with E-state index < -0.39 is 5.97 Å². The molecule has 146 valence electrons. The molecule has 0 aliphatic carbocycles. The zero-order valence-electron chi connectivity index (χ0n) is 16.2. The highest BCUT2D eigenvalue weighted by molar-refractivity contribution is 5.66. The lowest BCUT2D eigenvalue weighted by Gasteiger charge is -2.04. The Morgan fingerprint density at radius 3 is 2.27 bits per heavy atom. The molecule has 1 unspecified atom stereocenters. The molecule has 0 aromatic rings. The van der Waals surface area contributed by atoms with Crippen LogP contribution in [0.25, 0.3) is 0 Å². The third-order valence-corrected chi connectivity index (χ3v) is 3.85. The van der Waals surface area contributed by atoms with Crippen LogP contribution in [0.15, 0.2) is 60.8 Å². The van der Waals surface area contributed by atoms with Crippen molar-refractivity contribution in [3.8, 4) is 0 Å². The van der Waals surface area contributed by atoms with Crippen molar-refractivity contribution < 1.29 is 15.0 Å². The van der Waals surface area contributed by atoms with Gasteiger partial charge in [-0.05, 0) is 38.5 Å². The summed E-state index contributed by atoms with van der Waals surface area (Å²) in [6.07, 6.45) is 29.1. The smallest absolute Gasteiger partial charge is 0.303 e. The van der Waals surface area contributed by atoms with Crippen LogP contribution in [-0.2, 0) is 4.79 Å². The highest BCUT2D eigenvalue weighted by Gasteiger charge is 1.99. The number of hydrogen-bond donors (Lipinski definition) is 2. The van der Waals surface area contributed by atoms with Crippen LogP contribution in [-0.4, -0.2) is 22.8 Å². The third-order valence-electron chi connectivity index (χ3n) is 3.85. The molecule has 26 heavy (non-hydrogen) atoms. The van der Waals surface area contributed by atoms with Crippen molar-refractivity contribution in [2.75, 3.05) is 6.61 Å². The minimum atomic E-state index is -0.782. The summed E-state index contributed by atoms with van der Waals surface area (Å²) in [6.45, 7) is 2.32. The number of aliphatic carboxylic acids is 1. The van der Waals surface area contributed by atoms with Gasteiger partial charge in [-0.3, -0.25) is 4.79 Å². The summed E-state index contributed by atoms with van der Waals surface area (Å²) in [6, 6.07) is 0. The van der Waals surface area contributed by atoms with Crippen molar-refractivity contribution in [1.82, 2.24) is 0 Å². The van der Waals surface area contributed by atoms with Crippen LogP contribution in [0.3, 0.4) is 0 Å². The second-order valence-electron chi connectivity index (χ2n) is 6.31. The highest BCUT2D eigenvalue weighted by atomic mass is 16.4. The molecule has 0 bridgehead atoms. The lowest BCUT2D eigenvalue weighted by Crippen LogP contribution is -2.00. The number of allylic oxidation sites excluding steroid dienone is 9. The zero-order valence-corrected chi connectivity index (χ0v) is 16.2. The van der Waals surface area contributed by atoms with Crippen molar-refractivity contribution in [3.05, 3.63) is 60.8 Å². The summed E-state index contributed by atoms with van der Waals surface area (Å²) >= 11 is 0. The van der Waals surface area contributed by atoms with Gasteiger partial charge in [0.25, 0.3) is 0 Å². The average Bonchev–Trinajstić information content (AvgIpc) is 2.63. The summed E-state index contributed by atoms with van der Waals surface area (Å²) in [7, 11) is 0. The average molecular weight is 361 g/mol. The third kappa shape index (κ3) is 18.5. The Balaban J connectivity index is 3.82. The Labute approximate surface area is 159 Å². The van der Waals surface area contributed by atoms with Gasteiger partial charge in [0.1, 0.15) is 0 Å². The summed E-state index contributed by atoms with van der Waals surface area (Å²) < 4.78 is 0. The maximum absolute atomic E-state index is 10.4. The molecule has 0 aliphatic heterocycles. The monoisotopic (exact) mass is 360 g/mol. The van der Waals surface area contributed by atoms with Crippen molar-refractivity contribution in [2.45, 2.75) is 64.7 Å². The Hall–Kier alpha value is -1.87. The second kappa shape index (κ2) is 19.5. The molecule has 2 N–H and O–H groups in total. The van der Waals surface area contributed by atoms with Crippen LogP contribution in [0.5, 0.6) is 0 Å². The molecule has 0 aliphatic rings. The fourth-order valence-corrected chi connectivity index (χ4v) is 2.26. The Bertz CT molecular complexity index is 470. The van der Waals surface area contributed by atoms with Gasteiger partial charge in [-0.1, -0.05) is 80.5 Å². The van der Waals surface area contributed by atoms with Crippen LogP contribution < -0.4 is 0 Å². The van der Waals surface area contributed by atoms with Gasteiger partial charge in [0.05, 0.1) is 0 Å². The lowest BCUT2D eigenvalue weighted by atomic mass is 10.1. The molecule has 0 fully saturated rings. The number of carboxylic acids is 1. The maximum atomic E-state index is 10.4. The molecule has 0 saturated carbocycles. The van der Waals surface area contributed by atoms with E-state index in [2.05, 4.69) is 37.3 Å². The topological polar surface area (TPSA) is 57.5 Å². The zero-order chi connectivity index (χ0) is 19.3. The first-order valence-electron chi connectivity index (χ1n) is 9.81. The van der Waals surface area contributed by atoms with Gasteiger partial charge in [0.2, 0.25) is 0 Å². The number of unbranched alkanes of at least 4 members (excludes halogenated alkanes) is 3. The minimum absolute atomic E-state index is 0.0779. The fourth-order valence-electron chi connectivity index (χ4n) is 2.26. The van der Waals surface area contributed by atoms with Crippen LogP contribution in [0.2, 0.25) is 0 Å². The van der Waals surface area contributed by atoms with Crippen LogP contribution in [0, 0.1) is 5.92 Å². The molecule has 0 saturated heterocycles. The molecule has 3 nitrogen and oxygen atoms in total. The Morgan fingerprint density at radius 1 is 0.885 bits per heavy atom. The van der Waals surface area contributed by atoms with E-state index in [0.29, 0.717) is 6.42 Å². The molecule has 1 atom stereocenters. The lowest BCUT2D eigenvalue weighted by molar-refractivity contribution is -0.136. The summed E-state index contributed by atoms with van der Waals surface area (Å²) in [4.78, 5) is 10.4. The summed E-state index contributed by atoms with van der Waals surface area (Å²) in [5.74, 6) is -0.704. The van der Waals surface area contributed by atoms with Crippen molar-refractivity contribution in [1.29, 1.82) is 0 Å². The number of hydrogen-bond acceptors (Lipinski definition) is 2. The molecular weight excluding hydrogens is 324 g/mol. The van der Waals surface area contributed by atoms with E-state index in [1.165, 1.54) is 25.7 Å². The van der Waals surface area contributed by atoms with E-state index in [4.69, 9.17) is 5.11 Å². The largest absolute Gasteiger partial charge is 0.481 e. The first-order chi connectivity index (χ1) is 12.7. The summed E-state index contributed by atoms with van der Waals surface area (Å²) in [5, 5.41) is 17.9. The molecule has 0 aromatic heterocycles.